The molecule has 0 aliphatic carbocycles. The molecule has 0 bridgehead atoms. The van der Waals surface area contributed by atoms with Crippen LogP contribution >= 0.6 is 11.8 Å². The predicted octanol–water partition coefficient (Wildman–Crippen LogP) is 1.51. The van der Waals surface area contributed by atoms with Gasteiger partial charge in [-0.15, -0.1) is 10.2 Å². The van der Waals surface area contributed by atoms with Crippen molar-refractivity contribution in [3.8, 4) is 11.4 Å². The minimum Gasteiger partial charge on any atom is -0.305 e. The first-order valence-corrected chi connectivity index (χ1v) is 9.37. The van der Waals surface area contributed by atoms with Crippen LogP contribution in [0.25, 0.3) is 11.4 Å². The maximum atomic E-state index is 10.9. The second-order valence-electron chi connectivity index (χ2n) is 4.60. The summed E-state index contributed by atoms with van der Waals surface area (Å²) >= 11 is 1.57. The highest BCUT2D eigenvalue weighted by Crippen LogP contribution is 2.22. The summed E-state index contributed by atoms with van der Waals surface area (Å²) in [4.78, 5) is 0. The van der Waals surface area contributed by atoms with Crippen molar-refractivity contribution < 1.29 is 8.42 Å². The third-order valence-corrected chi connectivity index (χ3v) is 4.62. The molecule has 0 radical (unpaired) electrons. The quantitative estimate of drug-likeness (QED) is 0.616. The maximum Gasteiger partial charge on any atom is 0.208 e. The van der Waals surface area contributed by atoms with Gasteiger partial charge < -0.3 is 4.57 Å². The van der Waals surface area contributed by atoms with Gasteiger partial charge in [0.15, 0.2) is 11.0 Å². The molecule has 0 saturated carbocycles. The van der Waals surface area contributed by atoms with Crippen molar-refractivity contribution in [2.24, 2.45) is 7.05 Å². The molecule has 0 aliphatic rings. The lowest BCUT2D eigenvalue weighted by Gasteiger charge is -2.04. The molecule has 6 nitrogen and oxygen atoms in total. The molecule has 114 valence electrons. The monoisotopic (exact) mass is 326 g/mol. The summed E-state index contributed by atoms with van der Waals surface area (Å²) in [5.41, 5.74) is 1.03. The van der Waals surface area contributed by atoms with Crippen LogP contribution in [-0.4, -0.2) is 41.7 Å². The van der Waals surface area contributed by atoms with Crippen LogP contribution in [0.2, 0.25) is 0 Å². The number of rotatable bonds is 7. The van der Waals surface area contributed by atoms with E-state index in [1.807, 2.05) is 41.9 Å². The zero-order valence-corrected chi connectivity index (χ0v) is 13.6. The Kier molecular flexibility index (Phi) is 5.38. The molecule has 1 heterocycles. The molecule has 8 heteroatoms. The van der Waals surface area contributed by atoms with Crippen molar-refractivity contribution in [3.63, 3.8) is 0 Å². The van der Waals surface area contributed by atoms with Gasteiger partial charge in [-0.25, -0.2) is 13.1 Å². The zero-order chi connectivity index (χ0) is 15.3. The van der Waals surface area contributed by atoms with E-state index >= 15 is 0 Å². The van der Waals surface area contributed by atoms with Gasteiger partial charge >= 0.3 is 0 Å². The average Bonchev–Trinajstić information content (AvgIpc) is 2.80. The van der Waals surface area contributed by atoms with E-state index in [1.165, 1.54) is 0 Å². The van der Waals surface area contributed by atoms with Crippen molar-refractivity contribution in [2.75, 3.05) is 18.6 Å². The largest absolute Gasteiger partial charge is 0.305 e. The summed E-state index contributed by atoms with van der Waals surface area (Å²) in [6.45, 7) is 0.440. The Morgan fingerprint density at radius 1 is 1.24 bits per heavy atom. The second-order valence-corrected chi connectivity index (χ2v) is 7.49. The Morgan fingerprint density at radius 3 is 2.62 bits per heavy atom. The highest BCUT2D eigenvalue weighted by molar-refractivity contribution is 7.99. The number of aromatic nitrogens is 3. The third-order valence-electron chi connectivity index (χ3n) is 2.78. The van der Waals surface area contributed by atoms with Gasteiger partial charge in [-0.05, 0) is 6.42 Å². The van der Waals surface area contributed by atoms with Crippen LogP contribution in [0.15, 0.2) is 35.5 Å². The normalized spacial score (nSPS) is 11.7. The van der Waals surface area contributed by atoms with Crippen molar-refractivity contribution in [1.82, 2.24) is 19.5 Å². The second kappa shape index (κ2) is 7.06. The molecule has 0 atom stereocenters. The molecular formula is C13H18N4O2S2. The Morgan fingerprint density at radius 2 is 1.95 bits per heavy atom. The molecule has 0 aliphatic heterocycles. The number of benzene rings is 1. The minimum absolute atomic E-state index is 0.440. The SMILES string of the molecule is Cn1c(SCCCNS(C)(=O)=O)nnc1-c1ccccc1. The van der Waals surface area contributed by atoms with Crippen molar-refractivity contribution >= 4 is 21.8 Å². The van der Waals surface area contributed by atoms with E-state index in [4.69, 9.17) is 0 Å². The van der Waals surface area contributed by atoms with E-state index in [0.29, 0.717) is 6.54 Å². The Labute approximate surface area is 129 Å². The van der Waals surface area contributed by atoms with Gasteiger partial charge in [-0.3, -0.25) is 0 Å². The predicted molar refractivity (Wildman–Crippen MR) is 84.6 cm³/mol. The van der Waals surface area contributed by atoms with Crippen LogP contribution in [0.3, 0.4) is 0 Å². The first-order valence-electron chi connectivity index (χ1n) is 6.49. The van der Waals surface area contributed by atoms with Gasteiger partial charge in [-0.1, -0.05) is 42.1 Å². The van der Waals surface area contributed by atoms with E-state index in [-0.39, 0.29) is 0 Å². The Balaban J connectivity index is 1.90. The highest BCUT2D eigenvalue weighted by Gasteiger charge is 2.10. The lowest BCUT2D eigenvalue weighted by molar-refractivity contribution is 0.587. The molecule has 0 saturated heterocycles. The van der Waals surface area contributed by atoms with Gasteiger partial charge in [0.05, 0.1) is 6.26 Å². The summed E-state index contributed by atoms with van der Waals surface area (Å²) in [5.74, 6) is 1.61. The number of nitrogens with one attached hydrogen (secondary N) is 1. The maximum absolute atomic E-state index is 10.9. The fourth-order valence-electron chi connectivity index (χ4n) is 1.77. The lowest BCUT2D eigenvalue weighted by atomic mass is 10.2. The van der Waals surface area contributed by atoms with Crippen LogP contribution in [-0.2, 0) is 17.1 Å². The highest BCUT2D eigenvalue weighted by atomic mass is 32.2. The van der Waals surface area contributed by atoms with Crippen molar-refractivity contribution in [1.29, 1.82) is 0 Å². The van der Waals surface area contributed by atoms with Gasteiger partial charge in [0.25, 0.3) is 0 Å². The van der Waals surface area contributed by atoms with Crippen LogP contribution < -0.4 is 4.72 Å². The molecule has 0 spiro atoms. The summed E-state index contributed by atoms with van der Waals surface area (Å²) in [5, 5.41) is 9.21. The van der Waals surface area contributed by atoms with E-state index in [2.05, 4.69) is 14.9 Å². The number of hydrogen-bond acceptors (Lipinski definition) is 5. The van der Waals surface area contributed by atoms with Gasteiger partial charge in [0.2, 0.25) is 10.0 Å². The van der Waals surface area contributed by atoms with Crippen molar-refractivity contribution in [2.45, 2.75) is 11.6 Å². The molecule has 0 amide bonds. The molecule has 1 N–H and O–H groups in total. The molecule has 21 heavy (non-hydrogen) atoms. The fraction of sp³-hybridized carbons (Fsp3) is 0.385. The fourth-order valence-corrected chi connectivity index (χ4v) is 3.14. The summed E-state index contributed by atoms with van der Waals surface area (Å²) in [6, 6.07) is 9.88. The molecule has 2 rings (SSSR count). The van der Waals surface area contributed by atoms with Crippen LogP contribution in [0, 0.1) is 0 Å². The molecule has 2 aromatic rings. The van der Waals surface area contributed by atoms with E-state index in [9.17, 15) is 8.42 Å². The first kappa shape index (κ1) is 16.0. The zero-order valence-electron chi connectivity index (χ0n) is 12.0. The molecule has 0 unspecified atom stereocenters. The number of sulfonamides is 1. The summed E-state index contributed by atoms with van der Waals surface area (Å²) < 4.78 is 26.3. The minimum atomic E-state index is -3.10. The summed E-state index contributed by atoms with van der Waals surface area (Å²) in [6.07, 6.45) is 1.90. The third kappa shape index (κ3) is 4.83. The molecular weight excluding hydrogens is 308 g/mol. The molecule has 1 aromatic carbocycles. The standard InChI is InChI=1S/C13H18N4O2S2/c1-17-12(11-7-4-3-5-8-11)15-16-13(17)20-10-6-9-14-21(2,18)19/h3-5,7-8,14H,6,9-10H2,1-2H3. The number of thioether (sulfide) groups is 1. The van der Waals surface area contributed by atoms with Crippen molar-refractivity contribution in [3.05, 3.63) is 30.3 Å². The number of hydrogen-bond donors (Lipinski definition) is 1. The molecule has 0 fully saturated rings. The van der Waals surface area contributed by atoms with Crippen LogP contribution in [0.5, 0.6) is 0 Å². The van der Waals surface area contributed by atoms with E-state index < -0.39 is 10.0 Å². The van der Waals surface area contributed by atoms with E-state index in [1.54, 1.807) is 11.8 Å². The Bertz CT molecular complexity index is 683. The summed E-state index contributed by atoms with van der Waals surface area (Å²) in [7, 11) is -1.17. The van der Waals surface area contributed by atoms with Crippen LogP contribution in [0.4, 0.5) is 0 Å². The first-order chi connectivity index (χ1) is 9.97. The van der Waals surface area contributed by atoms with Gasteiger partial charge in [-0.2, -0.15) is 0 Å². The molecule has 1 aromatic heterocycles. The number of nitrogens with zero attached hydrogens (tertiary/aromatic N) is 3. The van der Waals surface area contributed by atoms with E-state index in [0.717, 1.165) is 35.0 Å². The topological polar surface area (TPSA) is 76.9 Å². The Hall–Kier alpha value is -1.38. The smallest absolute Gasteiger partial charge is 0.208 e. The lowest BCUT2D eigenvalue weighted by Crippen LogP contribution is -2.23. The van der Waals surface area contributed by atoms with Gasteiger partial charge in [0.1, 0.15) is 0 Å². The average molecular weight is 326 g/mol. The van der Waals surface area contributed by atoms with Gasteiger partial charge in [0, 0.05) is 24.9 Å². The van der Waals surface area contributed by atoms with Crippen LogP contribution in [0.1, 0.15) is 6.42 Å².